The maximum absolute atomic E-state index is 13.2. The molecular weight excluding hydrogens is 304 g/mol. The van der Waals surface area contributed by atoms with Crippen LogP contribution in [0.4, 0.5) is 0 Å². The fraction of sp³-hybridized carbons (Fsp3) is 0.125. The van der Waals surface area contributed by atoms with E-state index in [0.717, 1.165) is 12.0 Å². The molecule has 0 bridgehead atoms. The van der Waals surface area contributed by atoms with Gasteiger partial charge in [0.15, 0.2) is 5.78 Å². The fourth-order valence-electron chi connectivity index (χ4n) is 5.09. The summed E-state index contributed by atoms with van der Waals surface area (Å²) in [6, 6.07) is 21.3. The third-order valence-corrected chi connectivity index (χ3v) is 6.05. The minimum atomic E-state index is -0.0928. The Morgan fingerprint density at radius 3 is 2.60 bits per heavy atom. The molecule has 0 fully saturated rings. The number of Topliss-reactive ketones (excluding diaryl/α,β-unsaturated/α-hetero) is 1. The van der Waals surface area contributed by atoms with Gasteiger partial charge in [0, 0.05) is 11.5 Å². The van der Waals surface area contributed by atoms with Gasteiger partial charge < -0.3 is 0 Å². The van der Waals surface area contributed by atoms with Gasteiger partial charge >= 0.3 is 0 Å². The van der Waals surface area contributed by atoms with Crippen molar-refractivity contribution in [2.45, 2.75) is 18.3 Å². The lowest BCUT2D eigenvalue weighted by Gasteiger charge is -2.31. The summed E-state index contributed by atoms with van der Waals surface area (Å²) in [6.07, 6.45) is 5.37. The molecule has 0 radical (unpaired) electrons. The first-order valence-corrected chi connectivity index (χ1v) is 8.89. The predicted molar refractivity (Wildman–Crippen MR) is 100 cm³/mol. The molecule has 25 heavy (non-hydrogen) atoms. The van der Waals surface area contributed by atoms with Gasteiger partial charge in [0.05, 0.1) is 5.92 Å². The van der Waals surface area contributed by atoms with Crippen molar-refractivity contribution in [3.05, 3.63) is 106 Å². The molecule has 2 unspecified atom stereocenters. The highest BCUT2D eigenvalue weighted by atomic mass is 16.1. The SMILES string of the molecule is O=C1c2cccc3ccc4c(c23)C1C1=C(CC=C1)C4c1ccccc1. The molecule has 0 saturated carbocycles. The summed E-state index contributed by atoms with van der Waals surface area (Å²) in [5.74, 6) is 0.448. The highest BCUT2D eigenvalue weighted by Crippen LogP contribution is 2.55. The van der Waals surface area contributed by atoms with Crippen LogP contribution < -0.4 is 0 Å². The smallest absolute Gasteiger partial charge is 0.175 e. The van der Waals surface area contributed by atoms with Gasteiger partial charge in [0.2, 0.25) is 0 Å². The van der Waals surface area contributed by atoms with Crippen LogP contribution in [-0.4, -0.2) is 5.78 Å². The second kappa shape index (κ2) is 4.58. The molecule has 0 aromatic heterocycles. The molecule has 3 aromatic carbocycles. The van der Waals surface area contributed by atoms with Crippen LogP contribution in [0.3, 0.4) is 0 Å². The van der Waals surface area contributed by atoms with E-state index in [1.165, 1.54) is 38.6 Å². The van der Waals surface area contributed by atoms with E-state index in [0.29, 0.717) is 0 Å². The van der Waals surface area contributed by atoms with E-state index >= 15 is 0 Å². The molecule has 1 nitrogen and oxygen atoms in total. The van der Waals surface area contributed by atoms with Gasteiger partial charge in [-0.05, 0) is 39.5 Å². The molecule has 1 heteroatoms. The number of carbonyl (C=O) groups is 1. The number of allylic oxidation sites excluding steroid dienone is 4. The van der Waals surface area contributed by atoms with Crippen molar-refractivity contribution >= 4 is 16.6 Å². The van der Waals surface area contributed by atoms with Crippen molar-refractivity contribution in [3.63, 3.8) is 0 Å². The highest BCUT2D eigenvalue weighted by Gasteiger charge is 2.44. The van der Waals surface area contributed by atoms with Crippen molar-refractivity contribution in [1.82, 2.24) is 0 Å². The predicted octanol–water partition coefficient (Wildman–Crippen LogP) is 5.52. The van der Waals surface area contributed by atoms with Gasteiger partial charge in [-0.15, -0.1) is 0 Å². The summed E-state index contributed by atoms with van der Waals surface area (Å²) in [4.78, 5) is 13.2. The van der Waals surface area contributed by atoms with E-state index < -0.39 is 0 Å². The van der Waals surface area contributed by atoms with Crippen LogP contribution >= 0.6 is 0 Å². The summed E-state index contributed by atoms with van der Waals surface area (Å²) < 4.78 is 0. The number of carbonyl (C=O) groups excluding carboxylic acids is 1. The second-order valence-corrected chi connectivity index (χ2v) is 7.20. The van der Waals surface area contributed by atoms with E-state index in [1.807, 2.05) is 12.1 Å². The van der Waals surface area contributed by atoms with Gasteiger partial charge in [-0.1, -0.05) is 78.4 Å². The molecule has 0 heterocycles. The number of fused-ring (bicyclic) bond motifs is 1. The number of rotatable bonds is 1. The first-order chi connectivity index (χ1) is 12.3. The van der Waals surface area contributed by atoms with Crippen LogP contribution in [-0.2, 0) is 0 Å². The van der Waals surface area contributed by atoms with E-state index in [1.54, 1.807) is 0 Å². The van der Waals surface area contributed by atoms with Crippen LogP contribution in [0.15, 0.2) is 84.0 Å². The Morgan fingerprint density at radius 1 is 0.840 bits per heavy atom. The Balaban J connectivity index is 1.75. The van der Waals surface area contributed by atoms with Crippen LogP contribution in [0, 0.1) is 0 Å². The number of ketones is 1. The van der Waals surface area contributed by atoms with Crippen LogP contribution in [0.5, 0.6) is 0 Å². The molecule has 3 aromatic rings. The van der Waals surface area contributed by atoms with Crippen molar-refractivity contribution < 1.29 is 4.79 Å². The quantitative estimate of drug-likeness (QED) is 0.577. The molecule has 0 N–H and O–H groups in total. The summed E-state index contributed by atoms with van der Waals surface area (Å²) in [5, 5.41) is 2.37. The van der Waals surface area contributed by atoms with Crippen molar-refractivity contribution in [2.75, 3.05) is 0 Å². The molecule has 3 aliphatic carbocycles. The number of hydrogen-bond acceptors (Lipinski definition) is 1. The van der Waals surface area contributed by atoms with E-state index in [-0.39, 0.29) is 17.6 Å². The van der Waals surface area contributed by atoms with E-state index in [4.69, 9.17) is 0 Å². The van der Waals surface area contributed by atoms with Gasteiger partial charge in [-0.3, -0.25) is 4.79 Å². The Bertz CT molecular complexity index is 1130. The molecule has 0 spiro atoms. The highest BCUT2D eigenvalue weighted by molar-refractivity contribution is 6.20. The zero-order valence-electron chi connectivity index (χ0n) is 13.7. The van der Waals surface area contributed by atoms with Crippen LogP contribution in [0.25, 0.3) is 10.8 Å². The minimum Gasteiger partial charge on any atom is -0.293 e. The van der Waals surface area contributed by atoms with Crippen molar-refractivity contribution in [3.8, 4) is 0 Å². The second-order valence-electron chi connectivity index (χ2n) is 7.20. The van der Waals surface area contributed by atoms with Crippen molar-refractivity contribution in [2.24, 2.45) is 0 Å². The molecule has 118 valence electrons. The Labute approximate surface area is 146 Å². The lowest BCUT2D eigenvalue weighted by molar-refractivity contribution is 0.0980. The third kappa shape index (κ3) is 1.56. The van der Waals surface area contributed by atoms with Gasteiger partial charge in [-0.2, -0.15) is 0 Å². The Hall–Kier alpha value is -2.93. The average Bonchev–Trinajstić information content (AvgIpc) is 3.24. The van der Waals surface area contributed by atoms with Gasteiger partial charge in [-0.25, -0.2) is 0 Å². The third-order valence-electron chi connectivity index (χ3n) is 6.05. The molecule has 0 aliphatic heterocycles. The first-order valence-electron chi connectivity index (χ1n) is 8.89. The molecular formula is C24H16O. The topological polar surface area (TPSA) is 17.1 Å². The lowest BCUT2D eigenvalue weighted by atomic mass is 9.71. The monoisotopic (exact) mass is 320 g/mol. The van der Waals surface area contributed by atoms with Crippen molar-refractivity contribution in [1.29, 1.82) is 0 Å². The molecule has 6 rings (SSSR count). The Morgan fingerprint density at radius 2 is 1.72 bits per heavy atom. The van der Waals surface area contributed by atoms with E-state index in [2.05, 4.69) is 60.7 Å². The summed E-state index contributed by atoms with van der Waals surface area (Å²) in [6.45, 7) is 0. The summed E-state index contributed by atoms with van der Waals surface area (Å²) >= 11 is 0. The number of benzene rings is 3. The first kappa shape index (κ1) is 13.4. The average molecular weight is 320 g/mol. The van der Waals surface area contributed by atoms with Gasteiger partial charge in [0.1, 0.15) is 0 Å². The molecule has 2 atom stereocenters. The zero-order valence-corrected chi connectivity index (χ0v) is 13.7. The standard InChI is InChI=1S/C24H16O/c25-24-19-11-4-8-15-12-13-18-20(14-6-2-1-3-7-14)16-9-5-10-17(16)23(24)22(18)21(15)19/h1-8,10-13,20,23H,9H2. The summed E-state index contributed by atoms with van der Waals surface area (Å²) in [5.41, 5.74) is 7.46. The maximum atomic E-state index is 13.2. The fourth-order valence-corrected chi connectivity index (χ4v) is 5.09. The minimum absolute atomic E-state index is 0.0928. The molecule has 3 aliphatic rings. The van der Waals surface area contributed by atoms with E-state index in [9.17, 15) is 4.79 Å². The zero-order chi connectivity index (χ0) is 16.5. The lowest BCUT2D eigenvalue weighted by Crippen LogP contribution is -2.20. The maximum Gasteiger partial charge on any atom is 0.175 e. The molecule has 0 amide bonds. The Kier molecular flexibility index (Phi) is 2.45. The number of hydrogen-bond donors (Lipinski definition) is 0. The molecule has 0 saturated heterocycles. The van der Waals surface area contributed by atoms with Crippen LogP contribution in [0.2, 0.25) is 0 Å². The van der Waals surface area contributed by atoms with Crippen LogP contribution in [0.1, 0.15) is 45.3 Å². The largest absolute Gasteiger partial charge is 0.293 e. The normalized spacial score (nSPS) is 22.8. The van der Waals surface area contributed by atoms with Gasteiger partial charge in [0.25, 0.3) is 0 Å². The summed E-state index contributed by atoms with van der Waals surface area (Å²) in [7, 11) is 0.